The van der Waals surface area contributed by atoms with Crippen molar-refractivity contribution in [2.75, 3.05) is 7.11 Å². The number of hydrogen-bond donors (Lipinski definition) is 3. The first kappa shape index (κ1) is 33.0. The highest BCUT2D eigenvalue weighted by atomic mass is 79.9. The largest absolute Gasteiger partial charge is 0.481 e. The van der Waals surface area contributed by atoms with Gasteiger partial charge in [0.2, 0.25) is 9.23 Å². The summed E-state index contributed by atoms with van der Waals surface area (Å²) in [7, 11) is 8.70. The Bertz CT molecular complexity index is 879. The van der Waals surface area contributed by atoms with Gasteiger partial charge >= 0.3 is 11.9 Å². The van der Waals surface area contributed by atoms with Gasteiger partial charge < -0.3 is 21.3 Å². The number of carboxylic acids is 1. The van der Waals surface area contributed by atoms with E-state index >= 15 is 0 Å². The van der Waals surface area contributed by atoms with Gasteiger partial charge in [0.1, 0.15) is 0 Å². The molecule has 2 rings (SSSR count). The summed E-state index contributed by atoms with van der Waals surface area (Å²) in [6.45, 7) is 0. The van der Waals surface area contributed by atoms with Gasteiger partial charge in [-0.25, -0.2) is 4.21 Å². The molecule has 2 atom stereocenters. The zero-order chi connectivity index (χ0) is 24.0. The van der Waals surface area contributed by atoms with Crippen molar-refractivity contribution in [3.63, 3.8) is 0 Å². The van der Waals surface area contributed by atoms with Gasteiger partial charge in [-0.2, -0.15) is 0 Å². The van der Waals surface area contributed by atoms with Crippen LogP contribution in [0.4, 0.5) is 0 Å². The van der Waals surface area contributed by atoms with E-state index in [1.165, 1.54) is 7.11 Å². The Morgan fingerprint density at radius 2 is 1.41 bits per heavy atom. The first-order chi connectivity index (χ1) is 14.5. The molecule has 0 amide bonds. The molecule has 0 saturated heterocycles. The number of pyridine rings is 2. The minimum Gasteiger partial charge on any atom is -0.481 e. The number of halogens is 4. The standard InChI is InChI=1S/C9H11BrN2O2.C8H9BrN2O2.CH4.Cl2OS/c1-14-9(13)3-8(11)6-2-7(10)5-12-4-6;9-6-1-5(3-11-4-6)7(10)2-8(12)13;;1-4(2)3/h2,4-5,8H,3,11H2,1H3;1,3-4,7H,2,10H2,(H,12,13);1H4;. The Morgan fingerprint density at radius 1 is 1.03 bits per heavy atom. The lowest BCUT2D eigenvalue weighted by Crippen LogP contribution is -2.16. The van der Waals surface area contributed by atoms with Crippen LogP contribution in [0, 0.1) is 0 Å². The smallest absolute Gasteiger partial charge is 0.307 e. The minimum absolute atomic E-state index is 0. The van der Waals surface area contributed by atoms with Crippen molar-refractivity contribution in [1.82, 2.24) is 9.97 Å². The lowest BCUT2D eigenvalue weighted by atomic mass is 10.1. The average Bonchev–Trinajstić information content (AvgIpc) is 2.67. The Morgan fingerprint density at radius 3 is 1.72 bits per heavy atom. The average molecular weight is 639 g/mol. The van der Waals surface area contributed by atoms with Gasteiger partial charge in [0.25, 0.3) is 0 Å². The molecule has 2 aromatic rings. The van der Waals surface area contributed by atoms with Crippen molar-refractivity contribution in [2.45, 2.75) is 32.4 Å². The second-order valence-electron chi connectivity index (χ2n) is 5.65. The lowest BCUT2D eigenvalue weighted by molar-refractivity contribution is -0.141. The fraction of sp³-hybridized carbons (Fsp3) is 0.333. The van der Waals surface area contributed by atoms with E-state index < -0.39 is 21.2 Å². The van der Waals surface area contributed by atoms with Gasteiger partial charge in [-0.3, -0.25) is 19.6 Å². The van der Waals surface area contributed by atoms with E-state index in [9.17, 15) is 9.59 Å². The molecular formula is C18H24Br2Cl2N4O5S. The van der Waals surface area contributed by atoms with Crippen LogP contribution in [-0.4, -0.2) is 38.3 Å². The van der Waals surface area contributed by atoms with E-state index in [2.05, 4.69) is 67.9 Å². The number of hydrogen-bond acceptors (Lipinski definition) is 8. The van der Waals surface area contributed by atoms with E-state index in [0.29, 0.717) is 0 Å². The quantitative estimate of drug-likeness (QED) is 0.308. The zero-order valence-corrected chi connectivity index (χ0v) is 21.6. The molecule has 0 saturated carbocycles. The van der Waals surface area contributed by atoms with Crippen LogP contribution in [0.5, 0.6) is 0 Å². The molecule has 0 bridgehead atoms. The molecule has 5 N–H and O–H groups in total. The predicted molar refractivity (Wildman–Crippen MR) is 133 cm³/mol. The van der Waals surface area contributed by atoms with Crippen molar-refractivity contribution in [2.24, 2.45) is 11.5 Å². The second kappa shape index (κ2) is 18.3. The number of aromatic nitrogens is 2. The van der Waals surface area contributed by atoms with Crippen molar-refractivity contribution in [3.8, 4) is 0 Å². The van der Waals surface area contributed by atoms with E-state index in [0.717, 1.165) is 20.1 Å². The number of ether oxygens (including phenoxy) is 1. The van der Waals surface area contributed by atoms with Crippen molar-refractivity contribution < 1.29 is 23.6 Å². The first-order valence-corrected chi connectivity index (χ1v) is 12.6. The highest BCUT2D eigenvalue weighted by Gasteiger charge is 2.12. The molecule has 0 spiro atoms. The van der Waals surface area contributed by atoms with Gasteiger partial charge in [-0.05, 0) is 55.1 Å². The molecule has 32 heavy (non-hydrogen) atoms. The normalized spacial score (nSPS) is 11.5. The molecule has 14 heteroatoms. The molecule has 2 aromatic heterocycles. The summed E-state index contributed by atoms with van der Waals surface area (Å²) in [5, 5.41) is 8.50. The van der Waals surface area contributed by atoms with Crippen molar-refractivity contribution in [1.29, 1.82) is 0 Å². The van der Waals surface area contributed by atoms with Gasteiger partial charge in [-0.15, -0.1) is 0 Å². The number of rotatable bonds is 6. The number of methoxy groups -OCH3 is 1. The highest BCUT2D eigenvalue weighted by molar-refractivity contribution is 9.10. The number of carbonyl (C=O) groups excluding carboxylic acids is 1. The maximum atomic E-state index is 10.9. The van der Waals surface area contributed by atoms with Gasteiger partial charge in [0.15, 0.2) is 0 Å². The van der Waals surface area contributed by atoms with Crippen LogP contribution in [-0.2, 0) is 23.6 Å². The molecular weight excluding hydrogens is 615 g/mol. The first-order valence-electron chi connectivity index (χ1n) is 8.21. The molecule has 2 heterocycles. The monoisotopic (exact) mass is 636 g/mol. The summed E-state index contributed by atoms with van der Waals surface area (Å²) in [5.41, 5.74) is 12.9. The molecule has 0 aromatic carbocycles. The van der Waals surface area contributed by atoms with E-state index in [4.69, 9.17) is 20.8 Å². The molecule has 0 aliphatic carbocycles. The Balaban J connectivity index is 0. The molecule has 0 aliphatic rings. The second-order valence-corrected chi connectivity index (χ2v) is 10.0. The van der Waals surface area contributed by atoms with Gasteiger partial charge in [0, 0.05) is 67.2 Å². The molecule has 9 nitrogen and oxygen atoms in total. The van der Waals surface area contributed by atoms with Crippen LogP contribution in [0.3, 0.4) is 0 Å². The molecule has 0 fully saturated rings. The molecule has 0 radical (unpaired) electrons. The fourth-order valence-electron chi connectivity index (χ4n) is 1.95. The maximum absolute atomic E-state index is 10.9. The highest BCUT2D eigenvalue weighted by Crippen LogP contribution is 2.18. The van der Waals surface area contributed by atoms with Crippen molar-refractivity contribution in [3.05, 3.63) is 57.0 Å². The van der Waals surface area contributed by atoms with Crippen LogP contribution in [0.1, 0.15) is 43.5 Å². The number of nitrogens with two attached hydrogens (primary N) is 2. The summed E-state index contributed by atoms with van der Waals surface area (Å²) in [6.07, 6.45) is 6.56. The third-order valence-electron chi connectivity index (χ3n) is 3.32. The Kier molecular flexibility index (Phi) is 18.9. The Labute approximate surface area is 214 Å². The summed E-state index contributed by atoms with van der Waals surface area (Å²) in [5.74, 6) is -1.23. The molecule has 0 aliphatic heterocycles. The van der Waals surface area contributed by atoms with Crippen LogP contribution < -0.4 is 11.5 Å². The lowest BCUT2D eigenvalue weighted by Gasteiger charge is -2.09. The molecule has 2 unspecified atom stereocenters. The topological polar surface area (TPSA) is 158 Å². The van der Waals surface area contributed by atoms with E-state index in [1.807, 2.05) is 6.07 Å². The third kappa shape index (κ3) is 16.5. The SMILES string of the molecule is C.COC(=O)CC(N)c1cncc(Br)c1.NC(CC(=O)O)c1cncc(Br)c1.O=S(Cl)Cl. The number of carbonyl (C=O) groups is 2. The Hall–Kier alpha value is -1.15. The zero-order valence-electron chi connectivity index (χ0n) is 16.1. The van der Waals surface area contributed by atoms with Crippen LogP contribution in [0.25, 0.3) is 0 Å². The fourth-order valence-corrected chi connectivity index (χ4v) is 2.71. The van der Waals surface area contributed by atoms with Gasteiger partial charge in [-0.1, -0.05) is 7.43 Å². The van der Waals surface area contributed by atoms with E-state index in [1.54, 1.807) is 30.9 Å². The summed E-state index contributed by atoms with van der Waals surface area (Å²) in [6, 6.07) is 2.73. The third-order valence-corrected chi connectivity index (χ3v) is 4.18. The molecule has 180 valence electrons. The maximum Gasteiger partial charge on any atom is 0.307 e. The predicted octanol–water partition coefficient (Wildman–Crippen LogP) is 4.40. The number of nitrogens with zero attached hydrogens (tertiary/aromatic N) is 2. The summed E-state index contributed by atoms with van der Waals surface area (Å²) < 4.78 is 15.2. The van der Waals surface area contributed by atoms with E-state index in [-0.39, 0.29) is 32.3 Å². The number of esters is 1. The minimum atomic E-state index is -1.67. The number of aliphatic carboxylic acids is 1. The van der Waals surface area contributed by atoms with Gasteiger partial charge in [0.05, 0.1) is 20.0 Å². The van der Waals surface area contributed by atoms with Crippen LogP contribution in [0.15, 0.2) is 45.9 Å². The van der Waals surface area contributed by atoms with Crippen LogP contribution >= 0.6 is 53.2 Å². The summed E-state index contributed by atoms with van der Waals surface area (Å²) in [4.78, 5) is 29.2. The van der Waals surface area contributed by atoms with Crippen molar-refractivity contribution >= 4 is 74.4 Å². The number of carboxylic acid groups (broad SMARTS) is 1. The van der Waals surface area contributed by atoms with Crippen LogP contribution in [0.2, 0.25) is 0 Å². The summed E-state index contributed by atoms with van der Waals surface area (Å²) >= 11 is 6.51.